The van der Waals surface area contributed by atoms with Crippen LogP contribution in [0.3, 0.4) is 0 Å². The van der Waals surface area contributed by atoms with E-state index in [0.29, 0.717) is 18.0 Å². The first-order valence-electron chi connectivity index (χ1n) is 14.6. The Bertz CT molecular complexity index is 1460. The van der Waals surface area contributed by atoms with Gasteiger partial charge in [-0.3, -0.25) is 4.79 Å². The summed E-state index contributed by atoms with van der Waals surface area (Å²) >= 11 is 0. The van der Waals surface area contributed by atoms with E-state index < -0.39 is 37.6 Å². The van der Waals surface area contributed by atoms with Gasteiger partial charge in [0, 0.05) is 49.0 Å². The van der Waals surface area contributed by atoms with Gasteiger partial charge in [0.05, 0.1) is 11.5 Å². The van der Waals surface area contributed by atoms with Crippen molar-refractivity contribution in [1.82, 2.24) is 10.6 Å². The van der Waals surface area contributed by atoms with Crippen molar-refractivity contribution in [2.24, 2.45) is 5.92 Å². The minimum absolute atomic E-state index is 0. The van der Waals surface area contributed by atoms with E-state index in [1.165, 1.54) is 19.3 Å². The maximum Gasteiger partial charge on any atom is 0.326 e. The van der Waals surface area contributed by atoms with Crippen LogP contribution in [0.5, 0.6) is 0 Å². The monoisotopic (exact) mass is 627 g/mol. The average Bonchev–Trinajstić information content (AvgIpc) is 2.93. The molecule has 1 aliphatic rings. The van der Waals surface area contributed by atoms with E-state index in [0.717, 1.165) is 42.2 Å². The number of benzene rings is 2. The van der Waals surface area contributed by atoms with Gasteiger partial charge >= 0.3 is 5.97 Å². The Balaban J connectivity index is 0.00000645. The molecule has 0 spiro atoms. The molecule has 0 heterocycles. The van der Waals surface area contributed by atoms with Crippen LogP contribution < -0.4 is 10.6 Å². The molecular weight excluding hydrogens is 583 g/mol. The van der Waals surface area contributed by atoms with E-state index in [4.69, 9.17) is 0 Å². The fraction of sp³-hybridized carbons (Fsp3) is 0.548. The molecule has 1 radical (unpaired) electrons. The SMILES string of the molecule is CCS(=O)(=O)CC(CC1CCCCC1)NCc1ccc(C(=O)NC(CCS(C)(=O)=O)C(=O)O)c(-c2ccccc2C)c1.[Li]. The molecule has 3 N–H and O–H groups in total. The summed E-state index contributed by atoms with van der Waals surface area (Å²) in [6.07, 6.45) is 7.40. The molecular formula is C31H44LiN2O7S2. The largest absolute Gasteiger partial charge is 0.480 e. The molecule has 12 heteroatoms. The molecule has 233 valence electrons. The maximum absolute atomic E-state index is 13.4. The predicted molar refractivity (Wildman–Crippen MR) is 172 cm³/mol. The molecule has 3 rings (SSSR count). The minimum atomic E-state index is -3.41. The first-order chi connectivity index (χ1) is 19.8. The van der Waals surface area contributed by atoms with Gasteiger partial charge in [0.15, 0.2) is 9.84 Å². The Morgan fingerprint density at radius 1 is 1.00 bits per heavy atom. The number of carboxylic acid groups (broad SMARTS) is 1. The topological polar surface area (TPSA) is 147 Å². The number of carbonyl (C=O) groups is 2. The molecule has 0 bridgehead atoms. The van der Waals surface area contributed by atoms with Gasteiger partial charge in [-0.05, 0) is 60.1 Å². The Morgan fingerprint density at radius 3 is 2.28 bits per heavy atom. The zero-order valence-corrected chi connectivity index (χ0v) is 27.4. The van der Waals surface area contributed by atoms with Gasteiger partial charge in [-0.15, -0.1) is 0 Å². The molecule has 0 saturated heterocycles. The summed E-state index contributed by atoms with van der Waals surface area (Å²) in [6, 6.07) is 11.3. The van der Waals surface area contributed by atoms with E-state index in [1.807, 2.05) is 37.3 Å². The number of aryl methyl sites for hydroxylation is 1. The Kier molecular flexibility index (Phi) is 14.5. The smallest absolute Gasteiger partial charge is 0.326 e. The molecule has 2 atom stereocenters. The summed E-state index contributed by atoms with van der Waals surface area (Å²) in [5.41, 5.74) is 3.47. The summed E-state index contributed by atoms with van der Waals surface area (Å²) in [7, 11) is -6.59. The number of carbonyl (C=O) groups excluding carboxylic acids is 1. The minimum Gasteiger partial charge on any atom is -0.480 e. The Morgan fingerprint density at radius 2 is 1.67 bits per heavy atom. The predicted octanol–water partition coefficient (Wildman–Crippen LogP) is 3.76. The van der Waals surface area contributed by atoms with Crippen molar-refractivity contribution in [3.63, 3.8) is 0 Å². The maximum atomic E-state index is 13.4. The zero-order chi connectivity index (χ0) is 30.9. The number of amides is 1. The molecule has 9 nitrogen and oxygen atoms in total. The zero-order valence-electron chi connectivity index (χ0n) is 25.8. The molecule has 0 aliphatic heterocycles. The Labute approximate surface area is 268 Å². The normalized spacial score (nSPS) is 15.7. The first-order valence-corrected chi connectivity index (χ1v) is 18.5. The van der Waals surface area contributed by atoms with Gasteiger partial charge in [0.25, 0.3) is 5.91 Å². The number of carboxylic acids is 1. The van der Waals surface area contributed by atoms with Crippen molar-refractivity contribution >= 4 is 50.4 Å². The number of hydrogen-bond acceptors (Lipinski definition) is 7. The van der Waals surface area contributed by atoms with Crippen molar-refractivity contribution in [1.29, 1.82) is 0 Å². The molecule has 1 aliphatic carbocycles. The molecule has 2 unspecified atom stereocenters. The fourth-order valence-corrected chi connectivity index (χ4v) is 7.31. The fourth-order valence-electron chi connectivity index (χ4n) is 5.54. The van der Waals surface area contributed by atoms with Crippen LogP contribution in [0, 0.1) is 12.8 Å². The second-order valence-corrected chi connectivity index (χ2v) is 16.2. The first kappa shape index (κ1) is 37.0. The van der Waals surface area contributed by atoms with Gasteiger partial charge in [-0.25, -0.2) is 21.6 Å². The van der Waals surface area contributed by atoms with E-state index in [9.17, 15) is 31.5 Å². The molecule has 1 fully saturated rings. The summed E-state index contributed by atoms with van der Waals surface area (Å²) < 4.78 is 48.3. The van der Waals surface area contributed by atoms with Gasteiger partial charge in [-0.2, -0.15) is 0 Å². The van der Waals surface area contributed by atoms with Crippen LogP contribution in [0.15, 0.2) is 42.5 Å². The van der Waals surface area contributed by atoms with Crippen molar-refractivity contribution in [2.75, 3.05) is 23.5 Å². The van der Waals surface area contributed by atoms with Crippen molar-refractivity contribution in [2.45, 2.75) is 77.4 Å². The van der Waals surface area contributed by atoms with E-state index >= 15 is 0 Å². The van der Waals surface area contributed by atoms with Gasteiger partial charge < -0.3 is 15.7 Å². The summed E-state index contributed by atoms with van der Waals surface area (Å²) in [5.74, 6) is -1.61. The number of aliphatic carboxylic acids is 1. The molecule has 43 heavy (non-hydrogen) atoms. The van der Waals surface area contributed by atoms with Crippen molar-refractivity contribution < 1.29 is 31.5 Å². The molecule has 2 aromatic rings. The van der Waals surface area contributed by atoms with E-state index in [-0.39, 0.29) is 54.1 Å². The Hall–Kier alpha value is -2.16. The summed E-state index contributed by atoms with van der Waals surface area (Å²) in [5, 5.41) is 15.6. The second kappa shape index (κ2) is 16.8. The quantitative estimate of drug-likeness (QED) is 0.253. The summed E-state index contributed by atoms with van der Waals surface area (Å²) in [6.45, 7) is 3.99. The average molecular weight is 628 g/mol. The number of nitrogens with one attached hydrogen (secondary N) is 2. The van der Waals surface area contributed by atoms with Crippen LogP contribution in [-0.4, -0.2) is 88.3 Å². The third-order valence-electron chi connectivity index (χ3n) is 7.98. The molecule has 0 aromatic heterocycles. The van der Waals surface area contributed by atoms with Crippen LogP contribution in [0.25, 0.3) is 11.1 Å². The second-order valence-electron chi connectivity index (χ2n) is 11.5. The molecule has 1 amide bonds. The van der Waals surface area contributed by atoms with Crippen LogP contribution in [0.4, 0.5) is 0 Å². The number of rotatable bonds is 15. The third kappa shape index (κ3) is 12.0. The van der Waals surface area contributed by atoms with Crippen LogP contribution in [-0.2, 0) is 31.0 Å². The number of sulfone groups is 2. The summed E-state index contributed by atoms with van der Waals surface area (Å²) in [4.78, 5) is 25.2. The number of hydrogen-bond donors (Lipinski definition) is 3. The van der Waals surface area contributed by atoms with Gasteiger partial charge in [-0.1, -0.05) is 69.4 Å². The van der Waals surface area contributed by atoms with Gasteiger partial charge in [0.2, 0.25) is 0 Å². The van der Waals surface area contributed by atoms with Crippen LogP contribution >= 0.6 is 0 Å². The van der Waals surface area contributed by atoms with E-state index in [1.54, 1.807) is 19.1 Å². The van der Waals surface area contributed by atoms with Crippen molar-refractivity contribution in [3.8, 4) is 11.1 Å². The van der Waals surface area contributed by atoms with Gasteiger partial charge in [0.1, 0.15) is 15.9 Å². The molecule has 2 aromatic carbocycles. The molecule has 1 saturated carbocycles. The third-order valence-corrected chi connectivity index (χ3v) is 10.7. The van der Waals surface area contributed by atoms with E-state index in [2.05, 4.69) is 10.6 Å². The standard InChI is InChI=1S/C31H44N2O7S2.Li/c1-4-42(39,40)21-25(18-23-11-6-5-7-12-23)32-20-24-14-15-27(28(19-24)26-13-9-8-10-22(26)2)30(34)33-29(31(35)36)16-17-41(3,37)38;/h8-10,13-15,19,23,25,29,32H,4-7,11-12,16-18,20-21H2,1-3H3,(H,33,34)(H,35,36);. The van der Waals surface area contributed by atoms with Crippen LogP contribution in [0.1, 0.15) is 73.4 Å². The van der Waals surface area contributed by atoms with Crippen molar-refractivity contribution in [3.05, 3.63) is 59.2 Å². The van der Waals surface area contributed by atoms with Crippen LogP contribution in [0.2, 0.25) is 0 Å².